The molecule has 1 aromatic carbocycles. The third-order valence-electron chi connectivity index (χ3n) is 3.71. The second-order valence-corrected chi connectivity index (χ2v) is 7.37. The van der Waals surface area contributed by atoms with Crippen molar-refractivity contribution in [2.75, 3.05) is 19.5 Å². The number of carbonyl (C=O) groups is 1. The minimum Gasteiger partial charge on any atom is -0.383 e. The van der Waals surface area contributed by atoms with Crippen LogP contribution in [0.4, 0.5) is 0 Å². The molecule has 132 valence electrons. The topological polar surface area (TPSA) is 56.1 Å². The van der Waals surface area contributed by atoms with Crippen LogP contribution >= 0.6 is 11.8 Å². The Balaban J connectivity index is 2.07. The smallest absolute Gasteiger partial charge is 0.230 e. The maximum absolute atomic E-state index is 12.1. The van der Waals surface area contributed by atoms with E-state index in [1.165, 1.54) is 11.8 Å². The fourth-order valence-corrected chi connectivity index (χ4v) is 3.36. The summed E-state index contributed by atoms with van der Waals surface area (Å²) in [4.78, 5) is 16.8. The number of carbonyl (C=O) groups excluding carboxylic acids is 1. The highest BCUT2D eigenvalue weighted by molar-refractivity contribution is 7.99. The van der Waals surface area contributed by atoms with Crippen molar-refractivity contribution < 1.29 is 9.53 Å². The number of aryl methyl sites for hydroxylation is 1. The van der Waals surface area contributed by atoms with Crippen molar-refractivity contribution in [3.8, 4) is 0 Å². The van der Waals surface area contributed by atoms with E-state index in [1.54, 1.807) is 7.11 Å². The molecule has 0 aliphatic heterocycles. The zero-order valence-electron chi connectivity index (χ0n) is 14.9. The Labute approximate surface area is 148 Å². The van der Waals surface area contributed by atoms with Crippen molar-refractivity contribution in [3.05, 3.63) is 24.3 Å². The minimum absolute atomic E-state index is 0.00650. The van der Waals surface area contributed by atoms with Crippen LogP contribution in [0, 0.1) is 5.92 Å². The van der Waals surface area contributed by atoms with E-state index < -0.39 is 0 Å². The molecule has 1 heterocycles. The number of rotatable bonds is 9. The first-order chi connectivity index (χ1) is 11.5. The molecule has 0 saturated heterocycles. The van der Waals surface area contributed by atoms with Crippen molar-refractivity contribution in [1.29, 1.82) is 0 Å². The molecule has 1 N–H and O–H groups in total. The predicted molar refractivity (Wildman–Crippen MR) is 99.4 cm³/mol. The third-order valence-corrected chi connectivity index (χ3v) is 4.68. The van der Waals surface area contributed by atoms with Gasteiger partial charge >= 0.3 is 0 Å². The first-order valence-corrected chi connectivity index (χ1v) is 9.36. The molecule has 0 fully saturated rings. The lowest BCUT2D eigenvalue weighted by Gasteiger charge is -2.13. The van der Waals surface area contributed by atoms with Crippen LogP contribution in [0.25, 0.3) is 11.0 Å². The molecule has 1 atom stereocenters. The normalized spacial score (nSPS) is 12.7. The summed E-state index contributed by atoms with van der Waals surface area (Å²) in [6.07, 6.45) is 1.09. The maximum atomic E-state index is 12.1. The maximum Gasteiger partial charge on any atom is 0.230 e. The zero-order chi connectivity index (χ0) is 17.5. The van der Waals surface area contributed by atoms with Crippen LogP contribution in [0.2, 0.25) is 0 Å². The van der Waals surface area contributed by atoms with Gasteiger partial charge in [-0.25, -0.2) is 4.98 Å². The van der Waals surface area contributed by atoms with Crippen LogP contribution in [0.1, 0.15) is 27.2 Å². The lowest BCUT2D eigenvalue weighted by Crippen LogP contribution is -2.36. The molecule has 2 aromatic rings. The monoisotopic (exact) mass is 349 g/mol. The van der Waals surface area contributed by atoms with E-state index in [2.05, 4.69) is 29.8 Å². The van der Waals surface area contributed by atoms with Crippen LogP contribution in [0.3, 0.4) is 0 Å². The number of aromatic nitrogens is 2. The van der Waals surface area contributed by atoms with E-state index in [0.717, 1.165) is 29.2 Å². The number of thioether (sulfide) groups is 1. The Morgan fingerprint density at radius 3 is 2.79 bits per heavy atom. The number of ether oxygens (including phenoxy) is 1. The second kappa shape index (κ2) is 9.08. The van der Waals surface area contributed by atoms with Gasteiger partial charge in [-0.15, -0.1) is 0 Å². The third kappa shape index (κ3) is 5.24. The van der Waals surface area contributed by atoms with Crippen molar-refractivity contribution >= 4 is 28.7 Å². The molecule has 1 amide bonds. The average Bonchev–Trinajstić information content (AvgIpc) is 2.88. The first kappa shape index (κ1) is 18.8. The van der Waals surface area contributed by atoms with Gasteiger partial charge in [0, 0.05) is 19.7 Å². The standard InChI is InChI=1S/C18H27N3O2S/c1-13(2)9-10-21-16-8-6-5-7-15(16)20-18(21)24-12-17(22)19-14(3)11-23-4/h5-8,13-14H,9-12H2,1-4H3,(H,19,22). The van der Waals surface area contributed by atoms with E-state index in [0.29, 0.717) is 18.3 Å². The van der Waals surface area contributed by atoms with Crippen molar-refractivity contribution in [2.24, 2.45) is 5.92 Å². The van der Waals surface area contributed by atoms with E-state index in [-0.39, 0.29) is 11.9 Å². The fourth-order valence-electron chi connectivity index (χ4n) is 2.51. The summed E-state index contributed by atoms with van der Waals surface area (Å²) in [6.45, 7) is 7.81. The van der Waals surface area contributed by atoms with E-state index in [9.17, 15) is 4.79 Å². The van der Waals surface area contributed by atoms with Crippen LogP contribution in [-0.2, 0) is 16.1 Å². The van der Waals surface area contributed by atoms with Gasteiger partial charge in [0.15, 0.2) is 5.16 Å². The molecule has 0 bridgehead atoms. The van der Waals surface area contributed by atoms with E-state index in [4.69, 9.17) is 9.72 Å². The number of fused-ring (bicyclic) bond motifs is 1. The average molecular weight is 350 g/mol. The van der Waals surface area contributed by atoms with Crippen molar-refractivity contribution in [2.45, 2.75) is 44.9 Å². The predicted octanol–water partition coefficient (Wildman–Crippen LogP) is 3.33. The molecule has 24 heavy (non-hydrogen) atoms. The molecular formula is C18H27N3O2S. The number of nitrogens with zero attached hydrogens (tertiary/aromatic N) is 2. The molecule has 1 aromatic heterocycles. The van der Waals surface area contributed by atoms with Crippen LogP contribution in [0.5, 0.6) is 0 Å². The largest absolute Gasteiger partial charge is 0.383 e. The van der Waals surface area contributed by atoms with Gasteiger partial charge < -0.3 is 14.6 Å². The summed E-state index contributed by atoms with van der Waals surface area (Å²) in [6, 6.07) is 8.15. The lowest BCUT2D eigenvalue weighted by molar-refractivity contribution is -0.119. The zero-order valence-corrected chi connectivity index (χ0v) is 15.7. The van der Waals surface area contributed by atoms with E-state index >= 15 is 0 Å². The van der Waals surface area contributed by atoms with Crippen molar-refractivity contribution in [3.63, 3.8) is 0 Å². The van der Waals surface area contributed by atoms with Crippen LogP contribution < -0.4 is 5.32 Å². The number of hydrogen-bond acceptors (Lipinski definition) is 4. The highest BCUT2D eigenvalue weighted by Crippen LogP contribution is 2.25. The van der Waals surface area contributed by atoms with Gasteiger partial charge in [-0.1, -0.05) is 37.7 Å². The molecule has 2 rings (SSSR count). The first-order valence-electron chi connectivity index (χ1n) is 8.37. The number of nitrogens with one attached hydrogen (secondary N) is 1. The summed E-state index contributed by atoms with van der Waals surface area (Å²) in [5.41, 5.74) is 2.12. The number of para-hydroxylation sites is 2. The molecular weight excluding hydrogens is 322 g/mol. The summed E-state index contributed by atoms with van der Waals surface area (Å²) in [5, 5.41) is 3.84. The Morgan fingerprint density at radius 2 is 2.08 bits per heavy atom. The molecule has 0 aliphatic carbocycles. The van der Waals surface area contributed by atoms with Gasteiger partial charge in [-0.3, -0.25) is 4.79 Å². The number of benzene rings is 1. The van der Waals surface area contributed by atoms with Gasteiger partial charge in [0.25, 0.3) is 0 Å². The quantitative estimate of drug-likeness (QED) is 0.706. The molecule has 1 unspecified atom stereocenters. The number of hydrogen-bond donors (Lipinski definition) is 1. The fraction of sp³-hybridized carbons (Fsp3) is 0.556. The van der Waals surface area contributed by atoms with Gasteiger partial charge in [0.1, 0.15) is 0 Å². The molecule has 0 radical (unpaired) electrons. The Morgan fingerprint density at radius 1 is 1.33 bits per heavy atom. The van der Waals surface area contributed by atoms with Crippen LogP contribution in [-0.4, -0.2) is 41.0 Å². The Kier molecular flexibility index (Phi) is 7.12. The summed E-state index contributed by atoms with van der Waals surface area (Å²) < 4.78 is 7.27. The number of amides is 1. The van der Waals surface area contributed by atoms with E-state index in [1.807, 2.05) is 25.1 Å². The van der Waals surface area contributed by atoms with Gasteiger partial charge in [-0.05, 0) is 31.4 Å². The van der Waals surface area contributed by atoms with Gasteiger partial charge in [0.05, 0.1) is 23.4 Å². The summed E-state index contributed by atoms with van der Waals surface area (Å²) in [7, 11) is 1.63. The number of methoxy groups -OCH3 is 1. The Bertz CT molecular complexity index is 669. The molecule has 6 heteroatoms. The van der Waals surface area contributed by atoms with Gasteiger partial charge in [-0.2, -0.15) is 0 Å². The highest BCUT2D eigenvalue weighted by atomic mass is 32.2. The highest BCUT2D eigenvalue weighted by Gasteiger charge is 2.14. The molecule has 0 spiro atoms. The molecule has 5 nitrogen and oxygen atoms in total. The second-order valence-electron chi connectivity index (χ2n) is 6.43. The molecule has 0 aliphatic rings. The summed E-state index contributed by atoms with van der Waals surface area (Å²) >= 11 is 1.49. The lowest BCUT2D eigenvalue weighted by atomic mass is 10.1. The van der Waals surface area contributed by atoms with Crippen molar-refractivity contribution in [1.82, 2.24) is 14.9 Å². The number of imidazole rings is 1. The minimum atomic E-state index is 0.00650. The van der Waals surface area contributed by atoms with Gasteiger partial charge in [0.2, 0.25) is 5.91 Å². The molecule has 0 saturated carbocycles. The summed E-state index contributed by atoms with van der Waals surface area (Å²) in [5.74, 6) is 0.994. The SMILES string of the molecule is COCC(C)NC(=O)CSc1nc2ccccc2n1CCC(C)C. The Hall–Kier alpha value is -1.53. The van der Waals surface area contributed by atoms with Crippen LogP contribution in [0.15, 0.2) is 29.4 Å².